The Labute approximate surface area is 264 Å². The van der Waals surface area contributed by atoms with E-state index in [-0.39, 0.29) is 36.2 Å². The summed E-state index contributed by atoms with van der Waals surface area (Å²) in [5.74, 6) is 0.118. The standard InChI is InChI=1S/C31H42O15/c1-13-22(35)24(37)26(39)30(42-13)43-18-6-5-15(10-19(18)41-2)28-17(11-33)16-8-14(4-3-7-32)9-20(29(16)46-28)44-31-27(40)25(38)23(36)21(12-34)45-31/h5-6,8-10,13,17,21-28,30-40H,3-4,7,11-12H2,1-2H3/t13-,17+,21+,22-,23+,24+,25-,26+,27+,28-,30-,31+/m0/s1. The second-order valence-corrected chi connectivity index (χ2v) is 11.7. The molecule has 9 N–H and O–H groups in total. The lowest BCUT2D eigenvalue weighted by Gasteiger charge is -2.39. The number of methoxy groups -OCH3 is 1. The Bertz CT molecular complexity index is 1320. The van der Waals surface area contributed by atoms with Gasteiger partial charge >= 0.3 is 0 Å². The maximum absolute atomic E-state index is 10.6. The zero-order valence-corrected chi connectivity index (χ0v) is 25.3. The highest BCUT2D eigenvalue weighted by Gasteiger charge is 2.46. The van der Waals surface area contributed by atoms with E-state index in [4.69, 9.17) is 28.4 Å². The lowest BCUT2D eigenvalue weighted by molar-refractivity contribution is -0.277. The molecular formula is C31H42O15. The number of aryl methyl sites for hydroxylation is 1. The molecule has 2 fully saturated rings. The molecule has 0 radical (unpaired) electrons. The van der Waals surface area contributed by atoms with Gasteiger partial charge in [0, 0.05) is 12.2 Å². The Morgan fingerprint density at radius 1 is 0.717 bits per heavy atom. The van der Waals surface area contributed by atoms with Crippen LogP contribution < -0.4 is 18.9 Å². The van der Waals surface area contributed by atoms with Crippen LogP contribution in [0.5, 0.6) is 23.0 Å². The van der Waals surface area contributed by atoms with E-state index in [1.54, 1.807) is 24.3 Å². The first-order valence-electron chi connectivity index (χ1n) is 15.1. The third-order valence-corrected chi connectivity index (χ3v) is 8.63. The minimum Gasteiger partial charge on any atom is -0.493 e. The van der Waals surface area contributed by atoms with Crippen molar-refractivity contribution in [1.82, 2.24) is 0 Å². The van der Waals surface area contributed by atoms with Crippen LogP contribution in [-0.4, -0.2) is 134 Å². The molecule has 15 nitrogen and oxygen atoms in total. The molecule has 15 heteroatoms. The van der Waals surface area contributed by atoms with E-state index in [0.29, 0.717) is 24.0 Å². The molecule has 3 heterocycles. The molecule has 0 amide bonds. The van der Waals surface area contributed by atoms with Gasteiger partial charge in [0.25, 0.3) is 0 Å². The van der Waals surface area contributed by atoms with Crippen molar-refractivity contribution in [2.45, 2.75) is 93.2 Å². The molecule has 0 aliphatic carbocycles. The predicted molar refractivity (Wildman–Crippen MR) is 155 cm³/mol. The molecule has 2 aromatic rings. The van der Waals surface area contributed by atoms with Gasteiger partial charge in [-0.25, -0.2) is 0 Å². The fourth-order valence-electron chi connectivity index (χ4n) is 5.95. The lowest BCUT2D eigenvalue weighted by atomic mass is 9.90. The van der Waals surface area contributed by atoms with Gasteiger partial charge < -0.3 is 74.4 Å². The van der Waals surface area contributed by atoms with Crippen LogP contribution in [0.15, 0.2) is 30.3 Å². The largest absolute Gasteiger partial charge is 0.493 e. The van der Waals surface area contributed by atoms with E-state index in [9.17, 15) is 46.0 Å². The number of fused-ring (bicyclic) bond motifs is 1. The van der Waals surface area contributed by atoms with Gasteiger partial charge in [0.15, 0.2) is 23.0 Å². The molecule has 46 heavy (non-hydrogen) atoms. The quantitative estimate of drug-likeness (QED) is 0.130. The van der Waals surface area contributed by atoms with Gasteiger partial charge in [0.2, 0.25) is 12.6 Å². The van der Waals surface area contributed by atoms with Gasteiger partial charge in [-0.3, -0.25) is 0 Å². The van der Waals surface area contributed by atoms with Crippen molar-refractivity contribution in [3.8, 4) is 23.0 Å². The minimum absolute atomic E-state index is 0.0713. The van der Waals surface area contributed by atoms with Crippen molar-refractivity contribution in [3.05, 3.63) is 47.0 Å². The molecule has 0 aromatic heterocycles. The third kappa shape index (κ3) is 6.63. The SMILES string of the molecule is COc1cc([C@@H]2Oc3c(O[C@@H]4O[C@H](CO)[C@@H](O)[C@H](O)[C@H]4O)cc(CCCO)cc3[C@H]2CO)ccc1O[C@@H]1O[C@@H](C)[C@H](O)[C@@H](O)[C@H]1O. The number of hydrogen-bond acceptors (Lipinski definition) is 15. The fourth-order valence-corrected chi connectivity index (χ4v) is 5.95. The average Bonchev–Trinajstić information content (AvgIpc) is 3.44. The van der Waals surface area contributed by atoms with Crippen LogP contribution in [0.3, 0.4) is 0 Å². The molecule has 3 aliphatic rings. The van der Waals surface area contributed by atoms with Crippen LogP contribution in [-0.2, 0) is 15.9 Å². The van der Waals surface area contributed by atoms with Crippen LogP contribution >= 0.6 is 0 Å². The van der Waals surface area contributed by atoms with E-state index >= 15 is 0 Å². The zero-order valence-electron chi connectivity index (χ0n) is 25.3. The Kier molecular flexibility index (Phi) is 10.9. The molecule has 2 saturated heterocycles. The van der Waals surface area contributed by atoms with Crippen LogP contribution in [0.4, 0.5) is 0 Å². The smallest absolute Gasteiger partial charge is 0.229 e. The van der Waals surface area contributed by atoms with Gasteiger partial charge in [-0.1, -0.05) is 12.1 Å². The third-order valence-electron chi connectivity index (χ3n) is 8.63. The molecule has 5 rings (SSSR count). The van der Waals surface area contributed by atoms with Crippen molar-refractivity contribution < 1.29 is 74.4 Å². The number of benzene rings is 2. The van der Waals surface area contributed by atoms with Gasteiger partial charge in [-0.15, -0.1) is 0 Å². The van der Waals surface area contributed by atoms with Gasteiger partial charge in [-0.2, -0.15) is 0 Å². The summed E-state index contributed by atoms with van der Waals surface area (Å²) in [6, 6.07) is 8.27. The summed E-state index contributed by atoms with van der Waals surface area (Å²) < 4.78 is 34.8. The molecular weight excluding hydrogens is 612 g/mol. The minimum atomic E-state index is -1.67. The molecule has 0 saturated carbocycles. The summed E-state index contributed by atoms with van der Waals surface area (Å²) in [5, 5.41) is 91.2. The van der Waals surface area contributed by atoms with Crippen molar-refractivity contribution in [2.24, 2.45) is 0 Å². The summed E-state index contributed by atoms with van der Waals surface area (Å²) in [7, 11) is 1.40. The van der Waals surface area contributed by atoms with E-state index in [1.807, 2.05) is 6.07 Å². The highest BCUT2D eigenvalue weighted by atomic mass is 16.7. The average molecular weight is 655 g/mol. The summed E-state index contributed by atoms with van der Waals surface area (Å²) in [4.78, 5) is 0. The summed E-state index contributed by atoms with van der Waals surface area (Å²) in [6.07, 6.45) is -13.9. The number of ether oxygens (including phenoxy) is 6. The first-order chi connectivity index (χ1) is 22.0. The summed E-state index contributed by atoms with van der Waals surface area (Å²) >= 11 is 0. The summed E-state index contributed by atoms with van der Waals surface area (Å²) in [5.41, 5.74) is 1.86. The molecule has 3 aliphatic heterocycles. The first kappa shape index (κ1) is 34.5. The van der Waals surface area contributed by atoms with Crippen molar-refractivity contribution in [3.63, 3.8) is 0 Å². The molecule has 256 valence electrons. The predicted octanol–water partition coefficient (Wildman–Crippen LogP) is -1.79. The van der Waals surface area contributed by atoms with Crippen molar-refractivity contribution in [1.29, 1.82) is 0 Å². The first-order valence-corrected chi connectivity index (χ1v) is 15.1. The maximum atomic E-state index is 10.6. The van der Waals surface area contributed by atoms with Crippen LogP contribution in [0.1, 0.15) is 42.1 Å². The highest BCUT2D eigenvalue weighted by molar-refractivity contribution is 5.56. The second-order valence-electron chi connectivity index (χ2n) is 11.7. The number of aliphatic hydroxyl groups excluding tert-OH is 9. The number of aliphatic hydroxyl groups is 9. The van der Waals surface area contributed by atoms with Crippen LogP contribution in [0.25, 0.3) is 0 Å². The maximum Gasteiger partial charge on any atom is 0.229 e. The van der Waals surface area contributed by atoms with Gasteiger partial charge in [0.1, 0.15) is 48.8 Å². The lowest BCUT2D eigenvalue weighted by Crippen LogP contribution is -2.60. The van der Waals surface area contributed by atoms with Gasteiger partial charge in [0.05, 0.1) is 32.3 Å². The van der Waals surface area contributed by atoms with E-state index < -0.39 is 80.0 Å². The molecule has 12 atom stereocenters. The molecule has 0 bridgehead atoms. The topological polar surface area (TPSA) is 237 Å². The molecule has 2 aromatic carbocycles. The van der Waals surface area contributed by atoms with E-state index in [0.717, 1.165) is 5.56 Å². The van der Waals surface area contributed by atoms with Crippen LogP contribution in [0.2, 0.25) is 0 Å². The van der Waals surface area contributed by atoms with E-state index in [2.05, 4.69) is 0 Å². The van der Waals surface area contributed by atoms with Crippen molar-refractivity contribution >= 4 is 0 Å². The Morgan fingerprint density at radius 3 is 2.04 bits per heavy atom. The van der Waals surface area contributed by atoms with Crippen LogP contribution in [0, 0.1) is 0 Å². The van der Waals surface area contributed by atoms with Crippen molar-refractivity contribution in [2.75, 3.05) is 26.9 Å². The molecule has 0 spiro atoms. The Hall–Kier alpha value is -2.80. The van der Waals surface area contributed by atoms with Gasteiger partial charge in [-0.05, 0) is 49.1 Å². The number of hydrogen-bond donors (Lipinski definition) is 9. The normalized spacial score (nSPS) is 35.7. The summed E-state index contributed by atoms with van der Waals surface area (Å²) in [6.45, 7) is 0.477. The monoisotopic (exact) mass is 654 g/mol. The number of rotatable bonds is 11. The Morgan fingerprint density at radius 2 is 1.39 bits per heavy atom. The zero-order chi connectivity index (χ0) is 33.3. The highest BCUT2D eigenvalue weighted by Crippen LogP contribution is 2.52. The fraction of sp³-hybridized carbons (Fsp3) is 0.613. The second kappa shape index (κ2) is 14.5. The molecule has 0 unspecified atom stereocenters. The van der Waals surface area contributed by atoms with E-state index in [1.165, 1.54) is 14.0 Å². The Balaban J connectivity index is 1.44.